The van der Waals surface area contributed by atoms with Crippen LogP contribution in [0, 0.1) is 0 Å². The number of carboxylic acid groups (broad SMARTS) is 1. The Kier molecular flexibility index (Phi) is 2.16. The second-order valence-electron chi connectivity index (χ2n) is 2.51. The average molecular weight is 276 g/mol. The number of aromatic nitrogens is 3. The van der Waals surface area contributed by atoms with E-state index in [1.165, 1.54) is 10.6 Å². The molecule has 2 aromatic rings. The monoisotopic (exact) mass is 275 g/mol. The van der Waals surface area contributed by atoms with Gasteiger partial charge in [-0.15, -0.1) is 0 Å². The van der Waals surface area contributed by atoms with Gasteiger partial charge in [-0.25, -0.2) is 14.3 Å². The maximum absolute atomic E-state index is 10.6. The summed E-state index contributed by atoms with van der Waals surface area (Å²) in [5.74, 6) is -1.12. The van der Waals surface area contributed by atoms with Gasteiger partial charge in [0.15, 0.2) is 11.3 Å². The molecule has 0 saturated carbocycles. The van der Waals surface area contributed by atoms with Crippen molar-refractivity contribution >= 4 is 39.1 Å². The molecular weight excluding hydrogens is 273 g/mol. The summed E-state index contributed by atoms with van der Waals surface area (Å²) < 4.78 is 1.90. The highest BCUT2D eigenvalue weighted by Gasteiger charge is 2.11. The third-order valence-electron chi connectivity index (χ3n) is 1.57. The molecule has 0 unspecified atom stereocenters. The summed E-state index contributed by atoms with van der Waals surface area (Å²) in [6, 6.07) is 2.83. The number of rotatable bonds is 1. The van der Waals surface area contributed by atoms with E-state index in [9.17, 15) is 4.79 Å². The van der Waals surface area contributed by atoms with Crippen LogP contribution in [0.3, 0.4) is 0 Å². The third-order valence-corrected chi connectivity index (χ3v) is 2.23. The Morgan fingerprint density at radius 3 is 2.93 bits per heavy atom. The molecule has 14 heavy (non-hydrogen) atoms. The minimum atomic E-state index is -1.12. The van der Waals surface area contributed by atoms with Crippen LogP contribution in [0.2, 0.25) is 5.15 Å². The topological polar surface area (TPSA) is 67.5 Å². The quantitative estimate of drug-likeness (QED) is 0.807. The average Bonchev–Trinajstić information content (AvgIpc) is 2.45. The molecule has 72 valence electrons. The van der Waals surface area contributed by atoms with E-state index >= 15 is 0 Å². The van der Waals surface area contributed by atoms with Gasteiger partial charge < -0.3 is 5.11 Å². The lowest BCUT2D eigenvalue weighted by Gasteiger charge is -1.97. The summed E-state index contributed by atoms with van der Waals surface area (Å²) in [5, 5.41) is 12.9. The largest absolute Gasteiger partial charge is 0.477 e. The predicted octanol–water partition coefficient (Wildman–Crippen LogP) is 1.84. The van der Waals surface area contributed by atoms with E-state index in [1.54, 1.807) is 6.07 Å². The van der Waals surface area contributed by atoms with Gasteiger partial charge >= 0.3 is 5.97 Å². The Morgan fingerprint density at radius 2 is 2.29 bits per heavy atom. The molecule has 5 nitrogen and oxygen atoms in total. The maximum atomic E-state index is 10.6. The fraction of sp³-hybridized carbons (Fsp3) is 0. The lowest BCUT2D eigenvalue weighted by molar-refractivity contribution is 0.0690. The summed E-state index contributed by atoms with van der Waals surface area (Å²) in [7, 11) is 0. The summed E-state index contributed by atoms with van der Waals surface area (Å²) in [5.41, 5.74) is 0.289. The van der Waals surface area contributed by atoms with Crippen LogP contribution in [-0.4, -0.2) is 25.7 Å². The molecule has 1 N–H and O–H groups in total. The van der Waals surface area contributed by atoms with Gasteiger partial charge in [0.25, 0.3) is 0 Å². The van der Waals surface area contributed by atoms with E-state index in [4.69, 9.17) is 16.7 Å². The van der Waals surface area contributed by atoms with Crippen molar-refractivity contribution < 1.29 is 9.90 Å². The zero-order valence-corrected chi connectivity index (χ0v) is 8.95. The van der Waals surface area contributed by atoms with E-state index in [0.29, 0.717) is 10.3 Å². The number of nitrogens with zero attached hydrogens (tertiary/aromatic N) is 3. The molecule has 2 aromatic heterocycles. The summed E-state index contributed by atoms with van der Waals surface area (Å²) in [4.78, 5) is 14.5. The van der Waals surface area contributed by atoms with Gasteiger partial charge in [0.2, 0.25) is 0 Å². The van der Waals surface area contributed by atoms with Crippen molar-refractivity contribution in [1.82, 2.24) is 14.6 Å². The fourth-order valence-electron chi connectivity index (χ4n) is 1.02. The van der Waals surface area contributed by atoms with Crippen molar-refractivity contribution in [3.05, 3.63) is 27.6 Å². The van der Waals surface area contributed by atoms with Gasteiger partial charge in [0.05, 0.1) is 0 Å². The van der Waals surface area contributed by atoms with E-state index in [2.05, 4.69) is 26.0 Å². The highest BCUT2D eigenvalue weighted by atomic mass is 79.9. The third kappa shape index (κ3) is 1.46. The summed E-state index contributed by atoms with van der Waals surface area (Å²) in [6.07, 6.45) is 0. The van der Waals surface area contributed by atoms with Gasteiger partial charge in [-0.1, -0.05) is 11.6 Å². The lowest BCUT2D eigenvalue weighted by Crippen LogP contribution is -2.03. The molecule has 0 fully saturated rings. The molecule has 0 aliphatic rings. The number of hydrogen-bond donors (Lipinski definition) is 1. The van der Waals surface area contributed by atoms with E-state index in [-0.39, 0.29) is 10.8 Å². The number of halogens is 2. The Morgan fingerprint density at radius 1 is 1.57 bits per heavy atom. The molecule has 0 aliphatic heterocycles. The predicted molar refractivity (Wildman–Crippen MR) is 52.7 cm³/mol. The second-order valence-corrected chi connectivity index (χ2v) is 3.71. The van der Waals surface area contributed by atoms with Crippen LogP contribution >= 0.6 is 27.5 Å². The molecule has 0 amide bonds. The van der Waals surface area contributed by atoms with Gasteiger partial charge in [0, 0.05) is 12.1 Å². The molecule has 0 bridgehead atoms. The van der Waals surface area contributed by atoms with Crippen LogP contribution < -0.4 is 0 Å². The van der Waals surface area contributed by atoms with Gasteiger partial charge in [-0.3, -0.25) is 0 Å². The molecule has 0 radical (unpaired) electrons. The first kappa shape index (κ1) is 9.42. The van der Waals surface area contributed by atoms with Crippen molar-refractivity contribution in [3.8, 4) is 0 Å². The van der Waals surface area contributed by atoms with Crippen molar-refractivity contribution in [2.45, 2.75) is 0 Å². The molecule has 2 rings (SSSR count). The highest BCUT2D eigenvalue weighted by molar-refractivity contribution is 9.10. The molecule has 7 heteroatoms. The fourth-order valence-corrected chi connectivity index (χ4v) is 1.61. The van der Waals surface area contributed by atoms with Crippen LogP contribution in [0.4, 0.5) is 0 Å². The zero-order chi connectivity index (χ0) is 10.3. The van der Waals surface area contributed by atoms with E-state index in [0.717, 1.165) is 0 Å². The van der Waals surface area contributed by atoms with Crippen LogP contribution in [0.25, 0.3) is 5.65 Å². The SMILES string of the molecule is O=C(O)c1cc(Cl)n2nc(Br)cc2n1. The number of carboxylic acids is 1. The van der Waals surface area contributed by atoms with Crippen molar-refractivity contribution in [1.29, 1.82) is 0 Å². The number of aromatic carboxylic acids is 1. The Hall–Kier alpha value is -1.14. The van der Waals surface area contributed by atoms with Crippen molar-refractivity contribution in [3.63, 3.8) is 0 Å². The summed E-state index contributed by atoms with van der Waals surface area (Å²) in [6.45, 7) is 0. The van der Waals surface area contributed by atoms with Gasteiger partial charge in [-0.05, 0) is 15.9 Å². The van der Waals surface area contributed by atoms with Crippen LogP contribution in [0.5, 0.6) is 0 Å². The van der Waals surface area contributed by atoms with Crippen molar-refractivity contribution in [2.24, 2.45) is 0 Å². The highest BCUT2D eigenvalue weighted by Crippen LogP contribution is 2.16. The van der Waals surface area contributed by atoms with Gasteiger partial charge in [0.1, 0.15) is 9.76 Å². The molecule has 0 spiro atoms. The first-order chi connectivity index (χ1) is 6.58. The first-order valence-electron chi connectivity index (χ1n) is 3.53. The molecular formula is C7H3BrClN3O2. The normalized spacial score (nSPS) is 10.7. The van der Waals surface area contributed by atoms with Crippen LogP contribution in [0.1, 0.15) is 10.5 Å². The minimum absolute atomic E-state index is 0.102. The van der Waals surface area contributed by atoms with E-state index < -0.39 is 5.97 Å². The Labute approximate surface area is 91.4 Å². The Balaban J connectivity index is 2.77. The number of hydrogen-bond acceptors (Lipinski definition) is 3. The minimum Gasteiger partial charge on any atom is -0.477 e. The molecule has 0 saturated heterocycles. The maximum Gasteiger partial charge on any atom is 0.354 e. The van der Waals surface area contributed by atoms with E-state index in [1.807, 2.05) is 0 Å². The lowest BCUT2D eigenvalue weighted by atomic mass is 10.4. The molecule has 0 atom stereocenters. The molecule has 2 heterocycles. The zero-order valence-electron chi connectivity index (χ0n) is 6.61. The Bertz CT molecular complexity index is 525. The van der Waals surface area contributed by atoms with Crippen LogP contribution in [-0.2, 0) is 0 Å². The van der Waals surface area contributed by atoms with Gasteiger partial charge in [-0.2, -0.15) is 5.10 Å². The van der Waals surface area contributed by atoms with Crippen molar-refractivity contribution in [2.75, 3.05) is 0 Å². The summed E-state index contributed by atoms with van der Waals surface area (Å²) >= 11 is 8.94. The molecule has 0 aromatic carbocycles. The van der Waals surface area contributed by atoms with Crippen LogP contribution in [0.15, 0.2) is 16.7 Å². The first-order valence-corrected chi connectivity index (χ1v) is 4.70. The number of fused-ring (bicyclic) bond motifs is 1. The standard InChI is InChI=1S/C7H3BrClN3O2/c8-4-2-6-10-3(7(13)14)1-5(9)12(6)11-4/h1-2H,(H,13,14). The second kappa shape index (κ2) is 3.21. The number of carbonyl (C=O) groups is 1. The molecule has 0 aliphatic carbocycles. The smallest absolute Gasteiger partial charge is 0.354 e.